The zero-order chi connectivity index (χ0) is 16.1. The number of nitrogens with zero attached hydrogens (tertiary/aromatic N) is 2. The van der Waals surface area contributed by atoms with Gasteiger partial charge < -0.3 is 9.67 Å². The zero-order valence-corrected chi connectivity index (χ0v) is 13.6. The average molecular weight is 310 g/mol. The van der Waals surface area contributed by atoms with E-state index in [9.17, 15) is 9.90 Å². The molecule has 0 bridgehead atoms. The van der Waals surface area contributed by atoms with Crippen LogP contribution in [0.5, 0.6) is 0 Å². The molecule has 0 saturated carbocycles. The number of aromatic nitrogens is 1. The fraction of sp³-hybridized carbons (Fsp3) is 0.421. The molecule has 0 radical (unpaired) electrons. The third kappa shape index (κ3) is 2.12. The molecule has 0 fully saturated rings. The van der Waals surface area contributed by atoms with Crippen LogP contribution in [-0.2, 0) is 17.8 Å². The lowest BCUT2D eigenvalue weighted by molar-refractivity contribution is -0.140. The number of aliphatic carboxylic acids is 1. The van der Waals surface area contributed by atoms with Gasteiger partial charge in [-0.05, 0) is 42.7 Å². The number of hydrogen-bond acceptors (Lipinski definition) is 2. The minimum atomic E-state index is -0.732. The number of aryl methyl sites for hydroxylation is 1. The highest BCUT2D eigenvalue weighted by Crippen LogP contribution is 2.41. The molecule has 2 atom stereocenters. The number of rotatable bonds is 3. The molecule has 1 aromatic heterocycles. The highest BCUT2D eigenvalue weighted by molar-refractivity contribution is 5.99. The molecule has 23 heavy (non-hydrogen) atoms. The summed E-state index contributed by atoms with van der Waals surface area (Å²) in [7, 11) is 2.04. The maximum atomic E-state index is 11.5. The predicted octanol–water partition coefficient (Wildman–Crippen LogP) is 3.01. The summed E-state index contributed by atoms with van der Waals surface area (Å²) in [6.45, 7) is 3.81. The van der Waals surface area contributed by atoms with Crippen LogP contribution in [-0.4, -0.2) is 40.2 Å². The maximum absolute atomic E-state index is 11.5. The molecule has 1 aromatic carbocycles. The SMILES string of the molecule is CCCn1cc2c3c(cccc31)C1=C[C@@H](C(=O)O)CN(C)[C@@H]1C2. The van der Waals surface area contributed by atoms with Crippen molar-refractivity contribution in [1.82, 2.24) is 9.47 Å². The van der Waals surface area contributed by atoms with E-state index < -0.39 is 11.9 Å². The molecule has 0 spiro atoms. The van der Waals surface area contributed by atoms with Gasteiger partial charge in [0.25, 0.3) is 0 Å². The van der Waals surface area contributed by atoms with Gasteiger partial charge in [0.1, 0.15) is 0 Å². The number of fused-ring (bicyclic) bond motifs is 2. The summed E-state index contributed by atoms with van der Waals surface area (Å²) in [5, 5.41) is 10.8. The van der Waals surface area contributed by atoms with Gasteiger partial charge in [-0.25, -0.2) is 0 Å². The van der Waals surface area contributed by atoms with E-state index in [0.717, 1.165) is 19.4 Å². The molecule has 0 amide bonds. The Hall–Kier alpha value is -2.07. The van der Waals surface area contributed by atoms with Gasteiger partial charge in [0, 0.05) is 36.2 Å². The van der Waals surface area contributed by atoms with E-state index in [2.05, 4.69) is 40.8 Å². The maximum Gasteiger partial charge on any atom is 0.311 e. The molecule has 4 heteroatoms. The lowest BCUT2D eigenvalue weighted by Crippen LogP contribution is -2.44. The van der Waals surface area contributed by atoms with Crippen LogP contribution in [0, 0.1) is 5.92 Å². The van der Waals surface area contributed by atoms with Gasteiger partial charge in [-0.1, -0.05) is 25.1 Å². The summed E-state index contributed by atoms with van der Waals surface area (Å²) in [6, 6.07) is 6.72. The van der Waals surface area contributed by atoms with Gasteiger partial charge in [0.2, 0.25) is 0 Å². The van der Waals surface area contributed by atoms with E-state index in [0.29, 0.717) is 12.6 Å². The van der Waals surface area contributed by atoms with E-state index in [-0.39, 0.29) is 0 Å². The van der Waals surface area contributed by atoms with Crippen LogP contribution in [0.4, 0.5) is 0 Å². The van der Waals surface area contributed by atoms with Crippen molar-refractivity contribution in [3.63, 3.8) is 0 Å². The van der Waals surface area contributed by atoms with Crippen LogP contribution in [0.3, 0.4) is 0 Å². The number of carboxylic acids is 1. The minimum absolute atomic E-state index is 0.293. The Labute approximate surface area is 136 Å². The third-order valence-electron chi connectivity index (χ3n) is 5.25. The Balaban J connectivity index is 1.93. The highest BCUT2D eigenvalue weighted by atomic mass is 16.4. The summed E-state index contributed by atoms with van der Waals surface area (Å²) in [5.41, 5.74) is 5.09. The first-order valence-corrected chi connectivity index (χ1v) is 8.36. The second-order valence-electron chi connectivity index (χ2n) is 6.77. The van der Waals surface area contributed by atoms with Gasteiger partial charge in [-0.15, -0.1) is 0 Å². The smallest absolute Gasteiger partial charge is 0.311 e. The fourth-order valence-electron chi connectivity index (χ4n) is 4.21. The molecule has 4 rings (SSSR count). The summed E-state index contributed by atoms with van der Waals surface area (Å²) < 4.78 is 2.35. The van der Waals surface area contributed by atoms with Crippen LogP contribution >= 0.6 is 0 Å². The number of carbonyl (C=O) groups is 1. The molecular formula is C19H22N2O2. The summed E-state index contributed by atoms with van der Waals surface area (Å²) in [6.07, 6.45) is 6.37. The Morgan fingerprint density at radius 3 is 2.96 bits per heavy atom. The van der Waals surface area contributed by atoms with E-state index in [1.807, 2.05) is 13.1 Å². The first kappa shape index (κ1) is 14.5. The van der Waals surface area contributed by atoms with E-state index in [1.165, 1.54) is 27.6 Å². The Morgan fingerprint density at radius 1 is 1.39 bits per heavy atom. The van der Waals surface area contributed by atoms with E-state index in [1.54, 1.807) is 0 Å². The van der Waals surface area contributed by atoms with Crippen molar-refractivity contribution in [1.29, 1.82) is 0 Å². The third-order valence-corrected chi connectivity index (χ3v) is 5.25. The number of likely N-dealkylation sites (N-methyl/N-ethyl adjacent to an activating group) is 1. The van der Waals surface area contributed by atoms with Crippen molar-refractivity contribution in [2.24, 2.45) is 5.92 Å². The summed E-state index contributed by atoms with van der Waals surface area (Å²) in [5.74, 6) is -1.15. The summed E-state index contributed by atoms with van der Waals surface area (Å²) in [4.78, 5) is 13.7. The van der Waals surface area contributed by atoms with Crippen molar-refractivity contribution in [2.45, 2.75) is 32.4 Å². The lowest BCUT2D eigenvalue weighted by Gasteiger charge is -2.38. The molecule has 1 N–H and O–H groups in total. The van der Waals surface area contributed by atoms with E-state index >= 15 is 0 Å². The van der Waals surface area contributed by atoms with Crippen LogP contribution in [0.1, 0.15) is 24.5 Å². The molecular weight excluding hydrogens is 288 g/mol. The molecule has 120 valence electrons. The molecule has 4 nitrogen and oxygen atoms in total. The van der Waals surface area contributed by atoms with Gasteiger partial charge in [0.05, 0.1) is 5.92 Å². The predicted molar refractivity (Wildman–Crippen MR) is 91.5 cm³/mol. The first-order valence-electron chi connectivity index (χ1n) is 8.36. The molecule has 2 heterocycles. The fourth-order valence-corrected chi connectivity index (χ4v) is 4.21. The Kier molecular flexibility index (Phi) is 3.31. The quantitative estimate of drug-likeness (QED) is 0.948. The van der Waals surface area contributed by atoms with Gasteiger partial charge in [-0.3, -0.25) is 9.69 Å². The van der Waals surface area contributed by atoms with Crippen molar-refractivity contribution < 1.29 is 9.90 Å². The second kappa shape index (κ2) is 5.24. The van der Waals surface area contributed by atoms with Crippen molar-refractivity contribution in [3.05, 3.63) is 41.6 Å². The largest absolute Gasteiger partial charge is 0.481 e. The molecule has 1 aliphatic heterocycles. The van der Waals surface area contributed by atoms with Crippen LogP contribution in [0.25, 0.3) is 16.5 Å². The number of hydrogen-bond donors (Lipinski definition) is 1. The lowest BCUT2D eigenvalue weighted by atomic mass is 9.80. The molecule has 0 saturated heterocycles. The van der Waals surface area contributed by atoms with E-state index in [4.69, 9.17) is 0 Å². The van der Waals surface area contributed by atoms with Crippen molar-refractivity contribution in [2.75, 3.05) is 13.6 Å². The average Bonchev–Trinajstić information content (AvgIpc) is 2.88. The molecule has 2 aromatic rings. The number of carboxylic acid groups (broad SMARTS) is 1. The Bertz CT molecular complexity index is 818. The molecule has 0 unspecified atom stereocenters. The van der Waals surface area contributed by atoms with Crippen LogP contribution in [0.15, 0.2) is 30.5 Å². The normalized spacial score (nSPS) is 23.7. The highest BCUT2D eigenvalue weighted by Gasteiger charge is 2.35. The minimum Gasteiger partial charge on any atom is -0.481 e. The molecule has 2 aliphatic rings. The van der Waals surface area contributed by atoms with Gasteiger partial charge in [0.15, 0.2) is 0 Å². The first-order chi connectivity index (χ1) is 11.1. The Morgan fingerprint density at radius 2 is 2.22 bits per heavy atom. The van der Waals surface area contributed by atoms with Gasteiger partial charge in [-0.2, -0.15) is 0 Å². The standard InChI is InChI=1S/C19H22N2O2/c1-3-7-21-11-12-9-17-15(8-13(19(22)23)10-20(17)2)14-5-4-6-16(21)18(12)14/h4-6,8,11,13,17H,3,7,9-10H2,1-2H3,(H,22,23)/t13-,17-/m1/s1. The zero-order valence-electron chi connectivity index (χ0n) is 13.6. The second-order valence-corrected chi connectivity index (χ2v) is 6.77. The molecule has 1 aliphatic carbocycles. The van der Waals surface area contributed by atoms with Crippen molar-refractivity contribution in [3.8, 4) is 0 Å². The van der Waals surface area contributed by atoms with Crippen LogP contribution < -0.4 is 0 Å². The summed E-state index contributed by atoms with van der Waals surface area (Å²) >= 11 is 0. The number of benzene rings is 1. The monoisotopic (exact) mass is 310 g/mol. The van der Waals surface area contributed by atoms with Gasteiger partial charge >= 0.3 is 5.97 Å². The van der Waals surface area contributed by atoms with Crippen molar-refractivity contribution >= 4 is 22.4 Å². The van der Waals surface area contributed by atoms with Crippen LogP contribution in [0.2, 0.25) is 0 Å². The topological polar surface area (TPSA) is 45.5 Å².